The van der Waals surface area contributed by atoms with Crippen molar-refractivity contribution in [2.45, 2.75) is 52.4 Å². The lowest BCUT2D eigenvalue weighted by molar-refractivity contribution is -0.136. The van der Waals surface area contributed by atoms with Crippen molar-refractivity contribution in [2.24, 2.45) is 22.2 Å². The summed E-state index contributed by atoms with van der Waals surface area (Å²) < 4.78 is 0. The van der Waals surface area contributed by atoms with Crippen molar-refractivity contribution in [3.05, 3.63) is 58.7 Å². The number of Topliss-reactive ketones (excluding diaryl/α,β-unsaturated/α-hetero) is 1. The van der Waals surface area contributed by atoms with Crippen LogP contribution in [0.2, 0.25) is 0 Å². The standard InChI is InChI=1S/C25H26O/c1-23-10-16-11-24(2,13-23)15-25(12-16,14-23)21-8-7-19-18-6-4-3-5-17(18)9-20(19)22(21)26/h3-9,16H,10-15H2,1-2H3. The Morgan fingerprint density at radius 2 is 1.62 bits per heavy atom. The number of allylic oxidation sites excluding steroid dienone is 5. The molecule has 4 bridgehead atoms. The molecule has 0 heterocycles. The van der Waals surface area contributed by atoms with Crippen LogP contribution in [0.3, 0.4) is 0 Å². The minimum atomic E-state index is 0.123. The summed E-state index contributed by atoms with van der Waals surface area (Å²) in [4.78, 5) is 13.6. The highest BCUT2D eigenvalue weighted by Crippen LogP contribution is 2.71. The van der Waals surface area contributed by atoms with Crippen molar-refractivity contribution in [1.82, 2.24) is 0 Å². The zero-order valence-corrected chi connectivity index (χ0v) is 15.8. The monoisotopic (exact) mass is 342 g/mol. The van der Waals surface area contributed by atoms with Gasteiger partial charge in [0.1, 0.15) is 0 Å². The van der Waals surface area contributed by atoms with Crippen molar-refractivity contribution >= 4 is 17.4 Å². The van der Waals surface area contributed by atoms with Gasteiger partial charge in [0.05, 0.1) is 0 Å². The molecule has 1 heteroatoms. The molecule has 0 saturated heterocycles. The summed E-state index contributed by atoms with van der Waals surface area (Å²) in [5.74, 6) is 1.13. The van der Waals surface area contributed by atoms with Gasteiger partial charge < -0.3 is 0 Å². The van der Waals surface area contributed by atoms with E-state index in [-0.39, 0.29) is 5.41 Å². The van der Waals surface area contributed by atoms with Crippen LogP contribution in [0.4, 0.5) is 0 Å². The van der Waals surface area contributed by atoms with Gasteiger partial charge in [-0.25, -0.2) is 0 Å². The van der Waals surface area contributed by atoms with E-state index in [0.717, 1.165) is 22.6 Å². The highest BCUT2D eigenvalue weighted by atomic mass is 16.1. The van der Waals surface area contributed by atoms with Crippen LogP contribution >= 0.6 is 0 Å². The first-order valence-electron chi connectivity index (χ1n) is 10.2. The summed E-state index contributed by atoms with van der Waals surface area (Å²) in [6, 6.07) is 8.40. The quantitative estimate of drug-likeness (QED) is 0.614. The second kappa shape index (κ2) is 4.50. The van der Waals surface area contributed by atoms with Crippen LogP contribution in [0, 0.1) is 22.2 Å². The number of carbonyl (C=O) groups is 1. The Labute approximate surface area is 155 Å². The van der Waals surface area contributed by atoms with Crippen LogP contribution in [-0.4, -0.2) is 5.78 Å². The maximum absolute atomic E-state index is 13.6. The van der Waals surface area contributed by atoms with Crippen molar-refractivity contribution in [3.8, 4) is 0 Å². The van der Waals surface area contributed by atoms with E-state index in [4.69, 9.17) is 0 Å². The number of rotatable bonds is 1. The van der Waals surface area contributed by atoms with Gasteiger partial charge in [0.25, 0.3) is 0 Å². The molecule has 0 aromatic heterocycles. The minimum Gasteiger partial charge on any atom is -0.289 e. The van der Waals surface area contributed by atoms with Crippen molar-refractivity contribution in [1.29, 1.82) is 0 Å². The predicted octanol–water partition coefficient (Wildman–Crippen LogP) is 5.97. The van der Waals surface area contributed by atoms with Gasteiger partial charge in [0.2, 0.25) is 0 Å². The lowest BCUT2D eigenvalue weighted by Gasteiger charge is -2.66. The lowest BCUT2D eigenvalue weighted by Crippen LogP contribution is -2.56. The number of carbonyl (C=O) groups excluding carboxylic acids is 1. The highest BCUT2D eigenvalue weighted by molar-refractivity contribution is 6.26. The van der Waals surface area contributed by atoms with Gasteiger partial charge in [-0.2, -0.15) is 0 Å². The van der Waals surface area contributed by atoms with Crippen molar-refractivity contribution < 1.29 is 4.79 Å². The van der Waals surface area contributed by atoms with Crippen LogP contribution < -0.4 is 0 Å². The van der Waals surface area contributed by atoms with Crippen LogP contribution in [0.15, 0.2) is 47.6 Å². The van der Waals surface area contributed by atoms with Gasteiger partial charge in [0.15, 0.2) is 5.78 Å². The summed E-state index contributed by atoms with van der Waals surface area (Å²) in [6.45, 7) is 4.98. The Morgan fingerprint density at radius 1 is 0.885 bits per heavy atom. The molecule has 0 aliphatic heterocycles. The Bertz CT molecular complexity index is 938. The number of fused-ring (bicyclic) bond motifs is 3. The average molecular weight is 342 g/mol. The van der Waals surface area contributed by atoms with E-state index in [2.05, 4.69) is 56.3 Å². The molecule has 26 heavy (non-hydrogen) atoms. The zero-order chi connectivity index (χ0) is 17.7. The SMILES string of the molecule is CC12CC3CC(C)(C1)CC(C1=CC=C4C(=Cc5ccccc54)C1=O)(C3)C2. The largest absolute Gasteiger partial charge is 0.289 e. The van der Waals surface area contributed by atoms with E-state index in [1.54, 1.807) is 0 Å². The highest BCUT2D eigenvalue weighted by Gasteiger charge is 2.62. The minimum absolute atomic E-state index is 0.123. The first-order chi connectivity index (χ1) is 12.4. The van der Waals surface area contributed by atoms with Gasteiger partial charge in [-0.15, -0.1) is 0 Å². The number of ketones is 1. The summed E-state index contributed by atoms with van der Waals surface area (Å²) in [7, 11) is 0. The van der Waals surface area contributed by atoms with Crippen LogP contribution in [-0.2, 0) is 4.79 Å². The molecule has 2 atom stereocenters. The van der Waals surface area contributed by atoms with Gasteiger partial charge in [-0.3, -0.25) is 4.79 Å². The lowest BCUT2D eigenvalue weighted by atomic mass is 9.38. The first kappa shape index (κ1) is 15.2. The summed E-state index contributed by atoms with van der Waals surface area (Å²) >= 11 is 0. The second-order valence-corrected chi connectivity index (χ2v) is 10.5. The Balaban J connectivity index is 1.47. The molecule has 0 spiro atoms. The van der Waals surface area contributed by atoms with Gasteiger partial charge in [-0.05, 0) is 78.0 Å². The van der Waals surface area contributed by atoms with E-state index in [0.29, 0.717) is 16.6 Å². The van der Waals surface area contributed by atoms with Crippen molar-refractivity contribution in [2.75, 3.05) is 0 Å². The molecule has 2 unspecified atom stereocenters. The number of hydrogen-bond acceptors (Lipinski definition) is 1. The second-order valence-electron chi connectivity index (χ2n) is 10.5. The molecule has 132 valence electrons. The molecule has 0 N–H and O–H groups in total. The van der Waals surface area contributed by atoms with Crippen LogP contribution in [0.5, 0.6) is 0 Å². The Morgan fingerprint density at radius 3 is 2.35 bits per heavy atom. The molecule has 4 fully saturated rings. The molecular weight excluding hydrogens is 316 g/mol. The number of hydrogen-bond donors (Lipinski definition) is 0. The maximum Gasteiger partial charge on any atom is 0.190 e. The normalized spacial score (nSPS) is 42.2. The van der Waals surface area contributed by atoms with Gasteiger partial charge >= 0.3 is 0 Å². The molecule has 0 radical (unpaired) electrons. The smallest absolute Gasteiger partial charge is 0.190 e. The average Bonchev–Trinajstić information content (AvgIpc) is 2.91. The van der Waals surface area contributed by atoms with Gasteiger partial charge in [-0.1, -0.05) is 50.3 Å². The van der Waals surface area contributed by atoms with Crippen LogP contribution in [0.1, 0.15) is 63.5 Å². The fourth-order valence-corrected chi connectivity index (χ4v) is 8.17. The molecule has 1 nitrogen and oxygen atoms in total. The van der Waals surface area contributed by atoms with E-state index in [9.17, 15) is 4.79 Å². The maximum atomic E-state index is 13.6. The fourth-order valence-electron chi connectivity index (χ4n) is 8.17. The molecule has 1 aromatic carbocycles. The predicted molar refractivity (Wildman–Crippen MR) is 105 cm³/mol. The summed E-state index contributed by atoms with van der Waals surface area (Å²) in [6.07, 6.45) is 14.3. The third kappa shape index (κ3) is 1.84. The fraction of sp³-hybridized carbons (Fsp3) is 0.480. The van der Waals surface area contributed by atoms with E-state index in [1.165, 1.54) is 49.7 Å². The van der Waals surface area contributed by atoms with E-state index >= 15 is 0 Å². The Kier molecular flexibility index (Phi) is 2.63. The van der Waals surface area contributed by atoms with Crippen molar-refractivity contribution in [3.63, 3.8) is 0 Å². The molecule has 1 aromatic rings. The Hall–Kier alpha value is -1.89. The topological polar surface area (TPSA) is 17.1 Å². The molecule has 7 rings (SSSR count). The molecule has 6 aliphatic carbocycles. The first-order valence-corrected chi connectivity index (χ1v) is 10.2. The zero-order valence-electron chi connectivity index (χ0n) is 15.8. The van der Waals surface area contributed by atoms with E-state index < -0.39 is 0 Å². The molecule has 0 amide bonds. The molecular formula is C25H26O. The number of benzene rings is 1. The molecule has 6 aliphatic rings. The van der Waals surface area contributed by atoms with Gasteiger partial charge in [0, 0.05) is 16.6 Å². The molecule has 4 saturated carbocycles. The van der Waals surface area contributed by atoms with E-state index in [1.807, 2.05) is 0 Å². The summed E-state index contributed by atoms with van der Waals surface area (Å²) in [5, 5.41) is 0. The third-order valence-electron chi connectivity index (χ3n) is 7.94. The third-order valence-corrected chi connectivity index (χ3v) is 7.94. The summed E-state index contributed by atoms with van der Waals surface area (Å²) in [5.41, 5.74) is 6.61. The van der Waals surface area contributed by atoms with Crippen LogP contribution in [0.25, 0.3) is 11.6 Å².